The van der Waals surface area contributed by atoms with Crippen LogP contribution >= 0.6 is 0 Å². The second kappa shape index (κ2) is 6.87. The Kier molecular flexibility index (Phi) is 4.25. The molecule has 0 saturated heterocycles. The number of aromatic nitrogens is 2. The molecule has 27 heavy (non-hydrogen) atoms. The van der Waals surface area contributed by atoms with E-state index in [-0.39, 0.29) is 24.8 Å². The Morgan fingerprint density at radius 3 is 2.78 bits per heavy atom. The van der Waals surface area contributed by atoms with E-state index >= 15 is 0 Å². The number of rotatable bonds is 4. The van der Waals surface area contributed by atoms with Crippen LogP contribution in [0.2, 0.25) is 0 Å². The monoisotopic (exact) mass is 368 g/mol. The number of urea groups is 1. The molecule has 0 saturated carbocycles. The molecule has 0 atom stereocenters. The van der Waals surface area contributed by atoms with Gasteiger partial charge in [-0.15, -0.1) is 0 Å². The fourth-order valence-electron chi connectivity index (χ4n) is 2.69. The molecule has 1 aromatic carbocycles. The van der Waals surface area contributed by atoms with Gasteiger partial charge in [-0.05, 0) is 31.2 Å². The van der Waals surface area contributed by atoms with Crippen molar-refractivity contribution in [3.8, 4) is 11.5 Å². The summed E-state index contributed by atoms with van der Waals surface area (Å²) in [5.74, 6) is 1.14. The highest BCUT2D eigenvalue weighted by Gasteiger charge is 2.21. The Hall–Kier alpha value is -3.75. The van der Waals surface area contributed by atoms with Gasteiger partial charge in [-0.2, -0.15) is 0 Å². The van der Waals surface area contributed by atoms with E-state index in [2.05, 4.69) is 20.6 Å². The smallest absolute Gasteiger partial charge is 0.341 e. The number of amides is 2. The molecule has 0 bridgehead atoms. The van der Waals surface area contributed by atoms with Gasteiger partial charge in [-0.3, -0.25) is 10.6 Å². The van der Waals surface area contributed by atoms with Gasteiger partial charge in [0.05, 0.1) is 12.1 Å². The van der Waals surface area contributed by atoms with Crippen molar-refractivity contribution in [3.63, 3.8) is 0 Å². The van der Waals surface area contributed by atoms with Crippen LogP contribution in [0, 0.1) is 0 Å². The first-order valence-electron chi connectivity index (χ1n) is 8.27. The van der Waals surface area contributed by atoms with Gasteiger partial charge in [-0.25, -0.2) is 14.6 Å². The number of carbonyl (C=O) groups is 2. The number of nitrogens with zero attached hydrogens (tertiary/aromatic N) is 1. The number of anilines is 2. The molecular weight excluding hydrogens is 352 g/mol. The quantitative estimate of drug-likeness (QED) is 0.610. The van der Waals surface area contributed by atoms with Crippen LogP contribution in [0.4, 0.5) is 16.4 Å². The van der Waals surface area contributed by atoms with Crippen LogP contribution in [0.1, 0.15) is 17.3 Å². The fourth-order valence-corrected chi connectivity index (χ4v) is 2.69. The summed E-state index contributed by atoms with van der Waals surface area (Å²) >= 11 is 0. The highest BCUT2D eigenvalue weighted by molar-refractivity contribution is 6.06. The third-order valence-electron chi connectivity index (χ3n) is 3.88. The largest absolute Gasteiger partial charge is 0.462 e. The molecule has 3 heterocycles. The highest BCUT2D eigenvalue weighted by atomic mass is 16.7. The van der Waals surface area contributed by atoms with Gasteiger partial charge >= 0.3 is 12.0 Å². The van der Waals surface area contributed by atoms with Crippen molar-refractivity contribution in [1.82, 2.24) is 9.97 Å². The summed E-state index contributed by atoms with van der Waals surface area (Å²) in [4.78, 5) is 31.9. The first-order valence-corrected chi connectivity index (χ1v) is 8.27. The van der Waals surface area contributed by atoms with E-state index in [9.17, 15) is 9.59 Å². The number of pyridine rings is 1. The molecule has 2 aromatic heterocycles. The molecular formula is C18H16N4O5. The molecule has 0 fully saturated rings. The molecule has 0 radical (unpaired) electrons. The fraction of sp³-hybridized carbons (Fsp3) is 0.167. The van der Waals surface area contributed by atoms with E-state index in [0.717, 1.165) is 0 Å². The minimum atomic E-state index is -0.584. The molecule has 4 rings (SSSR count). The van der Waals surface area contributed by atoms with Crippen molar-refractivity contribution in [2.45, 2.75) is 6.92 Å². The second-order valence-corrected chi connectivity index (χ2v) is 5.67. The molecule has 3 N–H and O–H groups in total. The number of nitrogens with one attached hydrogen (secondary N) is 3. The Bertz CT molecular complexity index is 1020. The number of H-pyrrole nitrogens is 1. The van der Waals surface area contributed by atoms with Crippen LogP contribution in [-0.4, -0.2) is 35.4 Å². The average Bonchev–Trinajstić information content (AvgIpc) is 3.30. The number of benzene rings is 1. The topological polar surface area (TPSA) is 115 Å². The SMILES string of the molecule is CCOC(=O)c1cc2cc3c(cc2nc1NC(=O)Nc1ccc[nH]1)OCO3. The van der Waals surface area contributed by atoms with Gasteiger partial charge < -0.3 is 19.2 Å². The third kappa shape index (κ3) is 3.34. The molecule has 9 nitrogen and oxygen atoms in total. The van der Waals surface area contributed by atoms with Gasteiger partial charge in [0.2, 0.25) is 6.79 Å². The molecule has 2 amide bonds. The summed E-state index contributed by atoms with van der Waals surface area (Å²) in [6.07, 6.45) is 1.68. The molecule has 0 aliphatic carbocycles. The number of hydrogen-bond donors (Lipinski definition) is 3. The lowest BCUT2D eigenvalue weighted by molar-refractivity contribution is 0.0527. The van der Waals surface area contributed by atoms with Gasteiger partial charge in [0.1, 0.15) is 17.2 Å². The van der Waals surface area contributed by atoms with Gasteiger partial charge in [-0.1, -0.05) is 0 Å². The minimum Gasteiger partial charge on any atom is -0.462 e. The van der Waals surface area contributed by atoms with Crippen molar-refractivity contribution in [3.05, 3.63) is 42.1 Å². The standard InChI is InChI=1S/C18H16N4O5/c1-2-25-17(23)11-6-10-7-13-14(27-9-26-13)8-12(10)20-16(11)22-18(24)21-15-4-3-5-19-15/h3-8,19H,2,9H2,1H3,(H2,20,21,22,24). The molecule has 1 aliphatic rings. The van der Waals surface area contributed by atoms with E-state index in [1.165, 1.54) is 0 Å². The molecule has 0 unspecified atom stereocenters. The normalized spacial score (nSPS) is 12.0. The summed E-state index contributed by atoms with van der Waals surface area (Å²) in [6, 6.07) is 7.93. The molecule has 138 valence electrons. The number of carbonyl (C=O) groups excluding carboxylic acids is 2. The first kappa shape index (κ1) is 16.7. The average molecular weight is 368 g/mol. The van der Waals surface area contributed by atoms with Crippen LogP contribution in [0.15, 0.2) is 36.5 Å². The summed E-state index contributed by atoms with van der Waals surface area (Å²) < 4.78 is 15.8. The summed E-state index contributed by atoms with van der Waals surface area (Å²) in [5, 5.41) is 5.87. The maximum absolute atomic E-state index is 12.3. The van der Waals surface area contributed by atoms with Gasteiger partial charge in [0, 0.05) is 17.6 Å². The van der Waals surface area contributed by atoms with E-state index in [1.807, 2.05) is 0 Å². The first-order chi connectivity index (χ1) is 13.1. The summed E-state index contributed by atoms with van der Waals surface area (Å²) in [6.45, 7) is 2.03. The molecule has 1 aliphatic heterocycles. The lowest BCUT2D eigenvalue weighted by atomic mass is 10.1. The number of aromatic amines is 1. The van der Waals surface area contributed by atoms with E-state index in [1.54, 1.807) is 43.5 Å². The molecule has 0 spiro atoms. The summed E-state index contributed by atoms with van der Waals surface area (Å²) in [5.41, 5.74) is 0.687. The Labute approximate surface area is 153 Å². The van der Waals surface area contributed by atoms with Crippen molar-refractivity contribution < 1.29 is 23.8 Å². The zero-order valence-corrected chi connectivity index (χ0v) is 14.4. The molecule has 9 heteroatoms. The van der Waals surface area contributed by atoms with Gasteiger partial charge in [0.25, 0.3) is 0 Å². The highest BCUT2D eigenvalue weighted by Crippen LogP contribution is 2.36. The lowest BCUT2D eigenvalue weighted by Crippen LogP contribution is -2.22. The number of hydrogen-bond acceptors (Lipinski definition) is 6. The Morgan fingerprint density at radius 1 is 1.22 bits per heavy atom. The van der Waals surface area contributed by atoms with Crippen molar-refractivity contribution >= 4 is 34.5 Å². The van der Waals surface area contributed by atoms with Crippen molar-refractivity contribution in [1.29, 1.82) is 0 Å². The zero-order chi connectivity index (χ0) is 18.8. The van der Waals surface area contributed by atoms with E-state index < -0.39 is 12.0 Å². The maximum Gasteiger partial charge on any atom is 0.341 e. The van der Waals surface area contributed by atoms with Crippen LogP contribution in [0.5, 0.6) is 11.5 Å². The van der Waals surface area contributed by atoms with Crippen LogP contribution in [0.25, 0.3) is 10.9 Å². The van der Waals surface area contributed by atoms with Crippen LogP contribution < -0.4 is 20.1 Å². The molecule has 3 aromatic rings. The van der Waals surface area contributed by atoms with E-state index in [4.69, 9.17) is 14.2 Å². The van der Waals surface area contributed by atoms with E-state index in [0.29, 0.717) is 28.2 Å². The van der Waals surface area contributed by atoms with Crippen LogP contribution in [-0.2, 0) is 4.74 Å². The van der Waals surface area contributed by atoms with Crippen LogP contribution in [0.3, 0.4) is 0 Å². The van der Waals surface area contributed by atoms with Gasteiger partial charge in [0.15, 0.2) is 11.5 Å². The lowest BCUT2D eigenvalue weighted by Gasteiger charge is -2.12. The second-order valence-electron chi connectivity index (χ2n) is 5.67. The summed E-state index contributed by atoms with van der Waals surface area (Å²) in [7, 11) is 0. The predicted octanol–water partition coefficient (Wildman–Crippen LogP) is 3.11. The van der Waals surface area contributed by atoms with Crippen molar-refractivity contribution in [2.24, 2.45) is 0 Å². The Balaban J connectivity index is 1.71. The zero-order valence-electron chi connectivity index (χ0n) is 14.4. The number of esters is 1. The van der Waals surface area contributed by atoms with Crippen molar-refractivity contribution in [2.75, 3.05) is 24.0 Å². The number of fused-ring (bicyclic) bond motifs is 2. The predicted molar refractivity (Wildman–Crippen MR) is 97.3 cm³/mol. The minimum absolute atomic E-state index is 0.0869. The Morgan fingerprint density at radius 2 is 2.04 bits per heavy atom. The maximum atomic E-state index is 12.3. The third-order valence-corrected chi connectivity index (χ3v) is 3.88. The number of ether oxygens (including phenoxy) is 3.